The molecular formula is C29H36F3O3SSi. The van der Waals surface area contributed by atoms with E-state index in [0.29, 0.717) is 11.1 Å². The Kier molecular flexibility index (Phi) is 6.70. The molecule has 2 aliphatic rings. The van der Waals surface area contributed by atoms with Crippen LogP contribution < -0.4 is 0 Å². The largest absolute Gasteiger partial charge is 0.523 e. The Morgan fingerprint density at radius 2 is 1.46 bits per heavy atom. The van der Waals surface area contributed by atoms with Gasteiger partial charge in [-0.2, -0.15) is 21.6 Å². The molecule has 0 heterocycles. The first kappa shape index (κ1) is 28.1. The summed E-state index contributed by atoms with van der Waals surface area (Å²) in [7, 11) is -7.57. The molecule has 1 radical (unpaired) electrons. The van der Waals surface area contributed by atoms with E-state index >= 15 is 0 Å². The van der Waals surface area contributed by atoms with Gasteiger partial charge in [0.25, 0.3) is 0 Å². The van der Waals surface area contributed by atoms with E-state index in [0.717, 1.165) is 40.7 Å². The van der Waals surface area contributed by atoms with Crippen LogP contribution >= 0.6 is 0 Å². The van der Waals surface area contributed by atoms with E-state index in [1.165, 1.54) is 0 Å². The van der Waals surface area contributed by atoms with Crippen molar-refractivity contribution in [3.63, 3.8) is 0 Å². The predicted molar refractivity (Wildman–Crippen MR) is 145 cm³/mol. The number of alkyl halides is 3. The third-order valence-corrected chi connectivity index (χ3v) is 10.7. The monoisotopic (exact) mass is 549 g/mol. The van der Waals surface area contributed by atoms with Crippen LogP contribution in [0.25, 0.3) is 17.2 Å². The molecule has 4 rings (SSSR count). The second kappa shape index (κ2) is 8.81. The molecule has 2 aliphatic carbocycles. The van der Waals surface area contributed by atoms with E-state index < -0.39 is 29.6 Å². The summed E-state index contributed by atoms with van der Waals surface area (Å²) in [4.78, 5) is 0. The lowest BCUT2D eigenvalue weighted by atomic mass is 9.78. The molecule has 0 spiro atoms. The van der Waals surface area contributed by atoms with Crippen LogP contribution in [0.1, 0.15) is 76.6 Å². The van der Waals surface area contributed by atoms with Crippen molar-refractivity contribution < 1.29 is 25.8 Å². The first-order valence-electron chi connectivity index (χ1n) is 12.6. The summed E-state index contributed by atoms with van der Waals surface area (Å²) < 4.78 is 70.9. The van der Waals surface area contributed by atoms with Crippen LogP contribution in [0.15, 0.2) is 42.0 Å². The standard InChI is InChI=1S/C29H36F3O3SSi/c1-26(2,3)20-14-19(15-21(16-20)27(4,5)6)22-10-9-11-24-23(22)17-25(18-12-13-18)28(24,37(7)8)35-36(33,34)29(30,31)32/h9-11,14-18H,12-13H2,1-8H3. The van der Waals surface area contributed by atoms with Gasteiger partial charge in [-0.1, -0.05) is 97.1 Å². The Balaban J connectivity index is 2.00. The zero-order valence-corrected chi connectivity index (χ0v) is 24.6. The Morgan fingerprint density at radius 1 is 0.919 bits per heavy atom. The highest BCUT2D eigenvalue weighted by molar-refractivity contribution is 7.87. The molecule has 8 heteroatoms. The number of fused-ring (bicyclic) bond motifs is 1. The maximum Gasteiger partial charge on any atom is 0.523 e. The van der Waals surface area contributed by atoms with E-state index in [2.05, 4.69) is 59.7 Å². The highest BCUT2D eigenvalue weighted by Gasteiger charge is 2.58. The molecule has 0 amide bonds. The lowest BCUT2D eigenvalue weighted by Crippen LogP contribution is -2.47. The van der Waals surface area contributed by atoms with E-state index in [4.69, 9.17) is 4.18 Å². The minimum Gasteiger partial charge on any atom is -0.251 e. The topological polar surface area (TPSA) is 43.4 Å². The van der Waals surface area contributed by atoms with Crippen molar-refractivity contribution in [1.29, 1.82) is 0 Å². The van der Waals surface area contributed by atoms with Crippen molar-refractivity contribution in [2.24, 2.45) is 5.92 Å². The van der Waals surface area contributed by atoms with Gasteiger partial charge in [0.05, 0.1) is 8.80 Å². The molecule has 0 bridgehead atoms. The van der Waals surface area contributed by atoms with E-state index in [1.807, 2.05) is 31.3 Å². The van der Waals surface area contributed by atoms with Crippen molar-refractivity contribution in [2.75, 3.05) is 0 Å². The predicted octanol–water partition coefficient (Wildman–Crippen LogP) is 8.11. The van der Waals surface area contributed by atoms with Gasteiger partial charge in [0.15, 0.2) is 0 Å². The van der Waals surface area contributed by atoms with Crippen molar-refractivity contribution in [2.45, 2.75) is 89.0 Å². The molecule has 0 aromatic heterocycles. The summed E-state index contributed by atoms with van der Waals surface area (Å²) in [6, 6.07) is 12.0. The molecule has 1 unspecified atom stereocenters. The van der Waals surface area contributed by atoms with Gasteiger partial charge in [0.2, 0.25) is 0 Å². The molecule has 1 atom stereocenters. The zero-order chi connectivity index (χ0) is 27.8. The molecule has 201 valence electrons. The van der Waals surface area contributed by atoms with Crippen LogP contribution in [0.4, 0.5) is 13.2 Å². The molecule has 2 aromatic rings. The summed E-state index contributed by atoms with van der Waals surface area (Å²) in [6.07, 6.45) is 3.55. The second-order valence-corrected chi connectivity index (χ2v) is 16.8. The van der Waals surface area contributed by atoms with Crippen molar-refractivity contribution in [3.05, 3.63) is 64.2 Å². The fraction of sp³-hybridized carbons (Fsp3) is 0.517. The SMILES string of the molecule is C[Si](C)C1(OS(=O)(=O)C(F)(F)F)C(C2CC2)=Cc2c(-c3cc(C(C)(C)C)cc(C(C)(C)C)c3)cccc21. The smallest absolute Gasteiger partial charge is 0.251 e. The van der Waals surface area contributed by atoms with Crippen LogP contribution in [-0.2, 0) is 30.4 Å². The number of hydrogen-bond acceptors (Lipinski definition) is 3. The van der Waals surface area contributed by atoms with Crippen LogP contribution in [-0.4, -0.2) is 22.7 Å². The summed E-state index contributed by atoms with van der Waals surface area (Å²) in [5.74, 6) is 0.0228. The number of benzene rings is 2. The van der Waals surface area contributed by atoms with Gasteiger partial charge in [0, 0.05) is 0 Å². The maximum absolute atomic E-state index is 13.6. The first-order valence-corrected chi connectivity index (χ1v) is 16.5. The highest BCUT2D eigenvalue weighted by atomic mass is 32.2. The Morgan fingerprint density at radius 3 is 1.89 bits per heavy atom. The van der Waals surface area contributed by atoms with Gasteiger partial charge in [-0.15, -0.1) is 0 Å². The fourth-order valence-corrected chi connectivity index (χ4v) is 8.30. The molecule has 1 saturated carbocycles. The summed E-state index contributed by atoms with van der Waals surface area (Å²) in [5.41, 5.74) is 0.417. The lowest BCUT2D eigenvalue weighted by Gasteiger charge is -2.36. The molecule has 0 N–H and O–H groups in total. The van der Waals surface area contributed by atoms with E-state index in [-0.39, 0.29) is 16.7 Å². The molecule has 0 aliphatic heterocycles. The quantitative estimate of drug-likeness (QED) is 0.215. The Labute approximate surface area is 220 Å². The molecule has 2 aromatic carbocycles. The maximum atomic E-state index is 13.6. The van der Waals surface area contributed by atoms with E-state index in [9.17, 15) is 21.6 Å². The second-order valence-electron chi connectivity index (χ2n) is 12.6. The lowest BCUT2D eigenvalue weighted by molar-refractivity contribution is -0.0584. The van der Waals surface area contributed by atoms with Gasteiger partial charge in [-0.25, -0.2) is 0 Å². The van der Waals surface area contributed by atoms with Gasteiger partial charge in [0.1, 0.15) is 5.22 Å². The fourth-order valence-electron chi connectivity index (χ4n) is 5.09. The Hall–Kier alpha value is -1.90. The zero-order valence-electron chi connectivity index (χ0n) is 22.8. The molecule has 37 heavy (non-hydrogen) atoms. The Bertz CT molecular complexity index is 1330. The van der Waals surface area contributed by atoms with Gasteiger partial charge in [-0.3, -0.25) is 4.18 Å². The average Bonchev–Trinajstić information content (AvgIpc) is 3.53. The van der Waals surface area contributed by atoms with Gasteiger partial charge in [-0.05, 0) is 68.5 Å². The average molecular weight is 550 g/mol. The number of rotatable bonds is 5. The minimum absolute atomic E-state index is 0.0228. The van der Waals surface area contributed by atoms with Crippen molar-refractivity contribution in [1.82, 2.24) is 0 Å². The number of hydrogen-bond donors (Lipinski definition) is 0. The van der Waals surface area contributed by atoms with Crippen LogP contribution in [0.5, 0.6) is 0 Å². The molecule has 0 saturated heterocycles. The van der Waals surface area contributed by atoms with E-state index in [1.54, 1.807) is 6.07 Å². The molecule has 1 fully saturated rings. The van der Waals surface area contributed by atoms with Crippen LogP contribution in [0.2, 0.25) is 13.1 Å². The third kappa shape index (κ3) is 4.97. The first-order chi connectivity index (χ1) is 16.8. The number of halogens is 3. The van der Waals surface area contributed by atoms with Crippen molar-refractivity contribution >= 4 is 25.0 Å². The van der Waals surface area contributed by atoms with Crippen LogP contribution in [0, 0.1) is 5.92 Å². The minimum atomic E-state index is -5.81. The summed E-state index contributed by atoms with van der Waals surface area (Å²) in [5, 5.41) is -1.60. The highest BCUT2D eigenvalue weighted by Crippen LogP contribution is 2.57. The van der Waals surface area contributed by atoms with Gasteiger partial charge < -0.3 is 0 Å². The van der Waals surface area contributed by atoms with Gasteiger partial charge >= 0.3 is 15.6 Å². The van der Waals surface area contributed by atoms with Crippen molar-refractivity contribution in [3.8, 4) is 11.1 Å². The summed E-state index contributed by atoms with van der Waals surface area (Å²) in [6.45, 7) is 16.6. The normalized spacial score (nSPS) is 20.8. The molecular weight excluding hydrogens is 513 g/mol. The van der Waals surface area contributed by atoms with Crippen LogP contribution in [0.3, 0.4) is 0 Å². The summed E-state index contributed by atoms with van der Waals surface area (Å²) >= 11 is 0. The third-order valence-electron chi connectivity index (χ3n) is 7.41. The molecule has 3 nitrogen and oxygen atoms in total.